The van der Waals surface area contributed by atoms with Gasteiger partial charge in [-0.2, -0.15) is 0 Å². The van der Waals surface area contributed by atoms with Gasteiger partial charge in [0.15, 0.2) is 0 Å². The van der Waals surface area contributed by atoms with Crippen LogP contribution in [-0.4, -0.2) is 26.2 Å². The first kappa shape index (κ1) is 25.8. The monoisotopic (exact) mass is 467 g/mol. The van der Waals surface area contributed by atoms with E-state index in [0.29, 0.717) is 10.6 Å². The Kier molecular flexibility index (Phi) is 9.13. The molecule has 5 nitrogen and oxygen atoms in total. The fourth-order valence-corrected chi connectivity index (χ4v) is 5.66. The van der Waals surface area contributed by atoms with Crippen molar-refractivity contribution in [3.05, 3.63) is 46.3 Å². The summed E-state index contributed by atoms with van der Waals surface area (Å²) in [5.41, 5.74) is 2.79. The van der Waals surface area contributed by atoms with Gasteiger partial charge in [-0.25, -0.2) is 13.1 Å². The van der Waals surface area contributed by atoms with Gasteiger partial charge in [-0.1, -0.05) is 66.2 Å². The van der Waals surface area contributed by atoms with E-state index < -0.39 is 16.1 Å². The molecule has 2 unspecified atom stereocenters. The molecule has 1 aromatic carbocycles. The molecular formula is C24H37NO4S2. The van der Waals surface area contributed by atoms with Gasteiger partial charge in [0.1, 0.15) is 16.6 Å². The van der Waals surface area contributed by atoms with Gasteiger partial charge >= 0.3 is 0 Å². The number of hydrogen-bond acceptors (Lipinski definition) is 5. The van der Waals surface area contributed by atoms with E-state index in [4.69, 9.17) is 4.74 Å². The van der Waals surface area contributed by atoms with Crippen molar-refractivity contribution >= 4 is 21.4 Å². The molecule has 0 bridgehead atoms. The maximum atomic E-state index is 12.8. The Morgan fingerprint density at radius 2 is 1.84 bits per heavy atom. The standard InChI is InChI=1S/C24H37NO4S2/c1-7-11-18-15-19(20(9-3)25-31(27,28)22-12-10-13-30-22)14-17(8-2)23(18)29-16-21(26)24(4,5)6/h10,12-15,20-21,25-26H,7-9,11,16H2,1-6H3. The van der Waals surface area contributed by atoms with Crippen LogP contribution in [0.2, 0.25) is 0 Å². The third-order valence-corrected chi connectivity index (χ3v) is 8.29. The smallest absolute Gasteiger partial charge is 0.250 e. The van der Waals surface area contributed by atoms with Crippen LogP contribution in [0.3, 0.4) is 0 Å². The predicted octanol–water partition coefficient (Wildman–Crippen LogP) is 5.48. The van der Waals surface area contributed by atoms with E-state index in [1.807, 2.05) is 33.8 Å². The zero-order valence-corrected chi connectivity index (χ0v) is 21.2. The third kappa shape index (κ3) is 6.78. The van der Waals surface area contributed by atoms with Crippen molar-refractivity contribution in [3.8, 4) is 5.75 Å². The van der Waals surface area contributed by atoms with E-state index in [0.717, 1.165) is 41.7 Å². The second-order valence-electron chi connectivity index (χ2n) is 8.98. The number of hydrogen-bond donors (Lipinski definition) is 2. The van der Waals surface area contributed by atoms with Crippen LogP contribution in [0.4, 0.5) is 0 Å². The number of sulfonamides is 1. The molecule has 0 aliphatic rings. The van der Waals surface area contributed by atoms with Crippen LogP contribution in [0.5, 0.6) is 5.75 Å². The highest BCUT2D eigenvalue weighted by molar-refractivity contribution is 7.91. The van der Waals surface area contributed by atoms with Crippen molar-refractivity contribution in [2.45, 2.75) is 83.6 Å². The van der Waals surface area contributed by atoms with Crippen molar-refractivity contribution in [1.82, 2.24) is 4.72 Å². The summed E-state index contributed by atoms with van der Waals surface area (Å²) in [5, 5.41) is 12.2. The second kappa shape index (κ2) is 10.9. The largest absolute Gasteiger partial charge is 0.490 e. The lowest BCUT2D eigenvalue weighted by Crippen LogP contribution is -2.32. The molecule has 0 saturated carbocycles. The van der Waals surface area contributed by atoms with Crippen molar-refractivity contribution < 1.29 is 18.3 Å². The first-order chi connectivity index (χ1) is 14.5. The molecule has 1 heterocycles. The summed E-state index contributed by atoms with van der Waals surface area (Å²) < 4.78 is 34.9. The summed E-state index contributed by atoms with van der Waals surface area (Å²) in [6.07, 6.45) is 2.60. The van der Waals surface area contributed by atoms with Crippen LogP contribution in [0.15, 0.2) is 33.9 Å². The zero-order chi connectivity index (χ0) is 23.2. The van der Waals surface area contributed by atoms with E-state index in [2.05, 4.69) is 24.6 Å². The van der Waals surface area contributed by atoms with Gasteiger partial charge in [-0.3, -0.25) is 0 Å². The lowest BCUT2D eigenvalue weighted by Gasteiger charge is -2.27. The molecule has 0 aliphatic heterocycles. The van der Waals surface area contributed by atoms with Crippen molar-refractivity contribution in [3.63, 3.8) is 0 Å². The Morgan fingerprint density at radius 1 is 1.16 bits per heavy atom. The fourth-order valence-electron chi connectivity index (χ4n) is 3.35. The Morgan fingerprint density at radius 3 is 2.35 bits per heavy atom. The summed E-state index contributed by atoms with van der Waals surface area (Å²) in [4.78, 5) is 0. The Bertz CT molecular complexity index is 931. The highest BCUT2D eigenvalue weighted by atomic mass is 32.2. The highest BCUT2D eigenvalue weighted by Gasteiger charge is 2.25. The van der Waals surface area contributed by atoms with Gasteiger partial charge in [0, 0.05) is 6.04 Å². The SMILES string of the molecule is CCCc1cc(C(CC)NS(=O)(=O)c2cccs2)cc(CC)c1OCC(O)C(C)(C)C. The molecule has 2 N–H and O–H groups in total. The van der Waals surface area contributed by atoms with Crippen molar-refractivity contribution in [1.29, 1.82) is 0 Å². The first-order valence-electron chi connectivity index (χ1n) is 11.1. The van der Waals surface area contributed by atoms with Crippen LogP contribution in [0.1, 0.15) is 77.1 Å². The summed E-state index contributed by atoms with van der Waals surface area (Å²) >= 11 is 1.22. The second-order valence-corrected chi connectivity index (χ2v) is 11.9. The van der Waals surface area contributed by atoms with Gasteiger partial charge in [0.2, 0.25) is 0 Å². The Hall–Kier alpha value is -1.41. The van der Waals surface area contributed by atoms with E-state index >= 15 is 0 Å². The van der Waals surface area contributed by atoms with Gasteiger partial charge in [-0.15, -0.1) is 11.3 Å². The van der Waals surface area contributed by atoms with E-state index in [-0.39, 0.29) is 18.1 Å². The number of aliphatic hydroxyl groups excluding tert-OH is 1. The molecule has 0 amide bonds. The van der Waals surface area contributed by atoms with Gasteiger partial charge in [0.25, 0.3) is 10.0 Å². The fraction of sp³-hybridized carbons (Fsp3) is 0.583. The molecule has 7 heteroatoms. The lowest BCUT2D eigenvalue weighted by molar-refractivity contribution is 0.0213. The molecule has 0 radical (unpaired) electrons. The molecule has 2 aromatic rings. The number of aliphatic hydroxyl groups is 1. The number of rotatable bonds is 11. The van der Waals surface area contributed by atoms with Gasteiger partial charge in [-0.05, 0) is 52.8 Å². The maximum absolute atomic E-state index is 12.8. The predicted molar refractivity (Wildman–Crippen MR) is 128 cm³/mol. The van der Waals surface area contributed by atoms with Crippen LogP contribution in [-0.2, 0) is 22.9 Å². The molecule has 0 spiro atoms. The van der Waals surface area contributed by atoms with Crippen LogP contribution < -0.4 is 9.46 Å². The molecule has 2 atom stereocenters. The molecule has 2 rings (SSSR count). The number of thiophene rings is 1. The average Bonchev–Trinajstić information content (AvgIpc) is 3.25. The molecular weight excluding hydrogens is 430 g/mol. The Balaban J connectivity index is 2.38. The maximum Gasteiger partial charge on any atom is 0.250 e. The van der Waals surface area contributed by atoms with E-state index in [1.54, 1.807) is 17.5 Å². The highest BCUT2D eigenvalue weighted by Crippen LogP contribution is 2.33. The van der Waals surface area contributed by atoms with Crippen molar-refractivity contribution in [2.24, 2.45) is 5.41 Å². The summed E-state index contributed by atoms with van der Waals surface area (Å²) in [7, 11) is -3.56. The van der Waals surface area contributed by atoms with Crippen LogP contribution in [0, 0.1) is 5.41 Å². The summed E-state index contributed by atoms with van der Waals surface area (Å²) in [5.74, 6) is 0.826. The minimum absolute atomic E-state index is 0.231. The topological polar surface area (TPSA) is 75.6 Å². The molecule has 0 fully saturated rings. The number of aryl methyl sites for hydroxylation is 2. The third-order valence-electron chi connectivity index (χ3n) is 5.42. The van der Waals surface area contributed by atoms with E-state index in [1.165, 1.54) is 11.3 Å². The number of nitrogens with one attached hydrogen (secondary N) is 1. The summed E-state index contributed by atoms with van der Waals surface area (Å²) in [6, 6.07) is 7.15. The minimum Gasteiger partial charge on any atom is -0.490 e. The number of benzene rings is 1. The van der Waals surface area contributed by atoms with Crippen LogP contribution in [0.25, 0.3) is 0 Å². The molecule has 0 saturated heterocycles. The zero-order valence-electron chi connectivity index (χ0n) is 19.6. The molecule has 1 aromatic heterocycles. The lowest BCUT2D eigenvalue weighted by atomic mass is 9.89. The molecule has 174 valence electrons. The van der Waals surface area contributed by atoms with Gasteiger partial charge in [0.05, 0.1) is 6.10 Å². The van der Waals surface area contributed by atoms with Crippen LogP contribution >= 0.6 is 11.3 Å². The number of ether oxygens (including phenoxy) is 1. The normalized spacial score (nSPS) is 14.4. The van der Waals surface area contributed by atoms with E-state index in [9.17, 15) is 13.5 Å². The first-order valence-corrected chi connectivity index (χ1v) is 13.4. The summed E-state index contributed by atoms with van der Waals surface area (Å²) in [6.45, 7) is 12.4. The average molecular weight is 468 g/mol. The quantitative estimate of drug-likeness (QED) is 0.459. The van der Waals surface area contributed by atoms with Gasteiger partial charge < -0.3 is 9.84 Å². The minimum atomic E-state index is -3.56. The molecule has 0 aliphatic carbocycles. The molecule has 31 heavy (non-hydrogen) atoms. The van der Waals surface area contributed by atoms with Crippen molar-refractivity contribution in [2.75, 3.05) is 6.61 Å². The Labute approximate surface area is 191 Å².